The molecule has 1 aliphatic heterocycles. The zero-order valence-corrected chi connectivity index (χ0v) is 22.1. The molecule has 1 aliphatic rings. The Labute approximate surface area is 230 Å². The van der Waals surface area contributed by atoms with E-state index >= 15 is 0 Å². The Bertz CT molecular complexity index is 1370. The van der Waals surface area contributed by atoms with Gasteiger partial charge in [-0.05, 0) is 41.8 Å². The predicted octanol–water partition coefficient (Wildman–Crippen LogP) is 5.18. The average molecular weight is 554 g/mol. The van der Waals surface area contributed by atoms with Crippen LogP contribution in [0.5, 0.6) is 0 Å². The van der Waals surface area contributed by atoms with Gasteiger partial charge in [0.05, 0.1) is 6.42 Å². The van der Waals surface area contributed by atoms with Crippen molar-refractivity contribution in [2.24, 2.45) is 0 Å². The van der Waals surface area contributed by atoms with Crippen LogP contribution in [-0.2, 0) is 27.4 Å². The van der Waals surface area contributed by atoms with Gasteiger partial charge in [-0.25, -0.2) is 9.18 Å². The Balaban J connectivity index is 1.66. The van der Waals surface area contributed by atoms with Gasteiger partial charge < -0.3 is 25.4 Å². The molecule has 2 atom stereocenters. The average Bonchev–Trinajstić information content (AvgIpc) is 3.02. The number of nitrogens with zero attached hydrogens (tertiary/aromatic N) is 1. The highest BCUT2D eigenvalue weighted by Gasteiger charge is 2.37. The standard InChI is InChI=1S/C29H29ClFN3O5/c1-2-12-34-24-11-10-21(30)14-22(24)27(19-8-5-6-18(13-19)16-33-29(37)38)39-25(28(34)36)15-26(35)32-17-20-7-3-4-9-23(20)31/h3-11,13-14,25,27,33H,2,12,15-17H2,1H3,(H,32,35)(H,37,38). The van der Waals surface area contributed by atoms with Crippen molar-refractivity contribution in [3.63, 3.8) is 0 Å². The number of carbonyl (C=O) groups is 3. The molecule has 4 rings (SSSR count). The van der Waals surface area contributed by atoms with Crippen molar-refractivity contribution in [3.05, 3.63) is 99.8 Å². The molecule has 0 spiro atoms. The molecule has 0 fully saturated rings. The molecular weight excluding hydrogens is 525 g/mol. The molecule has 2 unspecified atom stereocenters. The first-order valence-electron chi connectivity index (χ1n) is 12.6. The molecule has 3 aromatic rings. The summed E-state index contributed by atoms with van der Waals surface area (Å²) in [5.74, 6) is -1.26. The molecule has 0 aliphatic carbocycles. The van der Waals surface area contributed by atoms with Crippen molar-refractivity contribution in [2.45, 2.75) is 45.1 Å². The van der Waals surface area contributed by atoms with Gasteiger partial charge >= 0.3 is 6.09 Å². The summed E-state index contributed by atoms with van der Waals surface area (Å²) in [5.41, 5.74) is 2.98. The minimum atomic E-state index is -1.15. The van der Waals surface area contributed by atoms with Crippen LogP contribution in [0, 0.1) is 5.82 Å². The van der Waals surface area contributed by atoms with Gasteiger partial charge in [0.15, 0.2) is 0 Å². The first kappa shape index (κ1) is 28.1. The Morgan fingerprint density at radius 1 is 1.05 bits per heavy atom. The molecule has 10 heteroatoms. The van der Waals surface area contributed by atoms with Gasteiger partial charge in [-0.2, -0.15) is 0 Å². The van der Waals surface area contributed by atoms with Crippen molar-refractivity contribution in [1.29, 1.82) is 0 Å². The summed E-state index contributed by atoms with van der Waals surface area (Å²) >= 11 is 6.36. The normalized spacial score (nSPS) is 16.8. The minimum absolute atomic E-state index is 0.0248. The molecule has 0 saturated carbocycles. The number of carboxylic acid groups (broad SMARTS) is 1. The number of rotatable bonds is 9. The van der Waals surface area contributed by atoms with Crippen LogP contribution in [0.3, 0.4) is 0 Å². The molecule has 1 heterocycles. The maximum Gasteiger partial charge on any atom is 0.404 e. The summed E-state index contributed by atoms with van der Waals surface area (Å²) < 4.78 is 20.4. The molecule has 0 aromatic heterocycles. The predicted molar refractivity (Wildman–Crippen MR) is 145 cm³/mol. The maximum atomic E-state index is 14.0. The van der Waals surface area contributed by atoms with Crippen molar-refractivity contribution in [1.82, 2.24) is 10.6 Å². The highest BCUT2D eigenvalue weighted by Crippen LogP contribution is 2.40. The third kappa shape index (κ3) is 6.93. The smallest absolute Gasteiger partial charge is 0.404 e. The van der Waals surface area contributed by atoms with Gasteiger partial charge in [0.25, 0.3) is 5.91 Å². The van der Waals surface area contributed by atoms with Crippen molar-refractivity contribution in [3.8, 4) is 0 Å². The Morgan fingerprint density at radius 3 is 2.59 bits per heavy atom. The lowest BCUT2D eigenvalue weighted by Crippen LogP contribution is -2.42. The largest absolute Gasteiger partial charge is 0.465 e. The molecular formula is C29H29ClFN3O5. The van der Waals surface area contributed by atoms with Crippen molar-refractivity contribution >= 4 is 35.2 Å². The Kier molecular flexibility index (Phi) is 9.16. The van der Waals surface area contributed by atoms with E-state index in [0.29, 0.717) is 45.9 Å². The van der Waals surface area contributed by atoms with Crippen molar-refractivity contribution in [2.75, 3.05) is 11.4 Å². The van der Waals surface area contributed by atoms with Crippen LogP contribution in [0.15, 0.2) is 66.7 Å². The van der Waals surface area contributed by atoms with Gasteiger partial charge in [-0.1, -0.05) is 61.0 Å². The summed E-state index contributed by atoms with van der Waals surface area (Å²) in [4.78, 5) is 39.2. The Morgan fingerprint density at radius 2 is 1.85 bits per heavy atom. The van der Waals surface area contributed by atoms with E-state index in [4.69, 9.17) is 21.4 Å². The quantitative estimate of drug-likeness (QED) is 0.338. The Hall–Kier alpha value is -3.95. The molecule has 3 aromatic carbocycles. The van der Waals surface area contributed by atoms with E-state index in [-0.39, 0.29) is 25.4 Å². The van der Waals surface area contributed by atoms with Crippen LogP contribution in [0.25, 0.3) is 0 Å². The summed E-state index contributed by atoms with van der Waals surface area (Å²) in [7, 11) is 0. The number of anilines is 1. The summed E-state index contributed by atoms with van der Waals surface area (Å²) in [6.07, 6.45) is -2.65. The highest BCUT2D eigenvalue weighted by atomic mass is 35.5. The molecule has 0 bridgehead atoms. The molecule has 0 radical (unpaired) electrons. The topological polar surface area (TPSA) is 108 Å². The molecule has 3 amide bonds. The van der Waals surface area contributed by atoms with E-state index in [1.165, 1.54) is 6.07 Å². The van der Waals surface area contributed by atoms with E-state index in [2.05, 4.69) is 10.6 Å². The third-order valence-corrected chi connectivity index (χ3v) is 6.59. The number of carbonyl (C=O) groups excluding carboxylic acids is 2. The summed E-state index contributed by atoms with van der Waals surface area (Å²) in [5, 5.41) is 14.5. The number of ether oxygens (including phenoxy) is 1. The number of nitrogens with one attached hydrogen (secondary N) is 2. The number of hydrogen-bond acceptors (Lipinski definition) is 4. The van der Waals surface area contributed by atoms with E-state index in [0.717, 1.165) is 0 Å². The zero-order valence-electron chi connectivity index (χ0n) is 21.3. The molecule has 0 saturated heterocycles. The highest BCUT2D eigenvalue weighted by molar-refractivity contribution is 6.30. The van der Waals surface area contributed by atoms with Gasteiger partial charge in [0.2, 0.25) is 5.91 Å². The first-order chi connectivity index (χ1) is 18.8. The lowest BCUT2D eigenvalue weighted by Gasteiger charge is -2.24. The number of halogens is 2. The molecule has 3 N–H and O–H groups in total. The monoisotopic (exact) mass is 553 g/mol. The van der Waals surface area contributed by atoms with E-state index < -0.39 is 30.0 Å². The second kappa shape index (κ2) is 12.7. The second-order valence-electron chi connectivity index (χ2n) is 9.17. The van der Waals surface area contributed by atoms with Gasteiger partial charge in [0, 0.05) is 41.5 Å². The molecule has 204 valence electrons. The summed E-state index contributed by atoms with van der Waals surface area (Å²) in [6, 6.07) is 18.5. The van der Waals surface area contributed by atoms with Crippen molar-refractivity contribution < 1.29 is 28.6 Å². The van der Waals surface area contributed by atoms with Crippen LogP contribution in [-0.4, -0.2) is 35.7 Å². The van der Waals surface area contributed by atoms with Gasteiger partial charge in [-0.3, -0.25) is 9.59 Å². The van der Waals surface area contributed by atoms with Crippen LogP contribution >= 0.6 is 11.6 Å². The SMILES string of the molecule is CCCN1C(=O)C(CC(=O)NCc2ccccc2F)OC(c2cccc(CNC(=O)O)c2)c2cc(Cl)ccc21. The number of hydrogen-bond donors (Lipinski definition) is 3. The van der Waals surface area contributed by atoms with Gasteiger partial charge in [-0.15, -0.1) is 0 Å². The first-order valence-corrected chi connectivity index (χ1v) is 13.0. The van der Waals surface area contributed by atoms with Crippen LogP contribution in [0.4, 0.5) is 14.9 Å². The lowest BCUT2D eigenvalue weighted by molar-refractivity contribution is -0.138. The van der Waals surface area contributed by atoms with E-state index in [9.17, 15) is 18.8 Å². The minimum Gasteiger partial charge on any atom is -0.465 e. The number of amides is 3. The fourth-order valence-electron chi connectivity index (χ4n) is 4.54. The van der Waals surface area contributed by atoms with Crippen LogP contribution in [0.2, 0.25) is 5.02 Å². The lowest BCUT2D eigenvalue weighted by atomic mass is 9.97. The van der Waals surface area contributed by atoms with E-state index in [1.54, 1.807) is 59.5 Å². The van der Waals surface area contributed by atoms with Crippen LogP contribution in [0.1, 0.15) is 48.1 Å². The maximum absolute atomic E-state index is 14.0. The zero-order chi connectivity index (χ0) is 27.9. The fraction of sp³-hybridized carbons (Fsp3) is 0.276. The second-order valence-corrected chi connectivity index (χ2v) is 9.61. The summed E-state index contributed by atoms with van der Waals surface area (Å²) in [6.45, 7) is 2.41. The molecule has 8 nitrogen and oxygen atoms in total. The fourth-order valence-corrected chi connectivity index (χ4v) is 4.72. The van der Waals surface area contributed by atoms with Crippen LogP contribution < -0.4 is 15.5 Å². The van der Waals surface area contributed by atoms with E-state index in [1.807, 2.05) is 13.0 Å². The number of benzene rings is 3. The van der Waals surface area contributed by atoms with Gasteiger partial charge in [0.1, 0.15) is 18.0 Å². The molecule has 39 heavy (non-hydrogen) atoms. The third-order valence-electron chi connectivity index (χ3n) is 6.35. The number of fused-ring (bicyclic) bond motifs is 1.